The normalized spacial score (nSPS) is 11.4. The predicted octanol–water partition coefficient (Wildman–Crippen LogP) is 3.05. The highest BCUT2D eigenvalue weighted by molar-refractivity contribution is 6.30. The first-order valence-corrected chi connectivity index (χ1v) is 7.11. The molecule has 2 rings (SSSR count). The average Bonchev–Trinajstić information content (AvgIpc) is 2.54. The Hall–Kier alpha value is -2.53. The van der Waals surface area contributed by atoms with Crippen LogP contribution in [0.1, 0.15) is 28.9 Å². The molecule has 3 amide bonds. The van der Waals surface area contributed by atoms with Crippen molar-refractivity contribution < 1.29 is 9.59 Å². The highest BCUT2D eigenvalue weighted by atomic mass is 35.5. The van der Waals surface area contributed by atoms with Crippen LogP contribution in [0.5, 0.6) is 0 Å². The second-order valence-corrected chi connectivity index (χ2v) is 5.13. The lowest BCUT2D eigenvalue weighted by Crippen LogP contribution is -2.47. The topological polar surface area (TPSA) is 70.2 Å². The fourth-order valence-electron chi connectivity index (χ4n) is 1.84. The van der Waals surface area contributed by atoms with Gasteiger partial charge in [-0.25, -0.2) is 10.2 Å². The van der Waals surface area contributed by atoms with E-state index in [1.54, 1.807) is 24.3 Å². The highest BCUT2D eigenvalue weighted by Crippen LogP contribution is 2.11. The molecule has 0 radical (unpaired) electrons. The van der Waals surface area contributed by atoms with Crippen molar-refractivity contribution in [2.45, 2.75) is 13.0 Å². The van der Waals surface area contributed by atoms with Gasteiger partial charge in [-0.1, -0.05) is 41.9 Å². The van der Waals surface area contributed by atoms with Crippen LogP contribution in [0.15, 0.2) is 54.6 Å². The van der Waals surface area contributed by atoms with Crippen molar-refractivity contribution in [1.29, 1.82) is 0 Å². The molecule has 0 spiro atoms. The van der Waals surface area contributed by atoms with Gasteiger partial charge in [-0.15, -0.1) is 0 Å². The molecular weight excluding hydrogens is 302 g/mol. The van der Waals surface area contributed by atoms with E-state index in [1.807, 2.05) is 37.3 Å². The molecule has 0 fully saturated rings. The van der Waals surface area contributed by atoms with E-state index in [1.165, 1.54) is 0 Å². The van der Waals surface area contributed by atoms with Gasteiger partial charge in [0.2, 0.25) is 0 Å². The van der Waals surface area contributed by atoms with E-state index in [9.17, 15) is 9.59 Å². The predicted molar refractivity (Wildman–Crippen MR) is 85.4 cm³/mol. The maximum absolute atomic E-state index is 11.8. The van der Waals surface area contributed by atoms with Gasteiger partial charge in [-0.2, -0.15) is 0 Å². The SMILES string of the molecule is C[C@H](NC(=O)NNC(=O)c1ccc(Cl)cc1)c1ccccc1. The zero-order chi connectivity index (χ0) is 15.9. The van der Waals surface area contributed by atoms with E-state index in [0.717, 1.165) is 5.56 Å². The summed E-state index contributed by atoms with van der Waals surface area (Å²) in [4.78, 5) is 23.6. The van der Waals surface area contributed by atoms with Gasteiger partial charge >= 0.3 is 6.03 Å². The molecule has 5 nitrogen and oxygen atoms in total. The van der Waals surface area contributed by atoms with Crippen molar-refractivity contribution in [2.75, 3.05) is 0 Å². The number of hydrogen-bond donors (Lipinski definition) is 3. The molecule has 114 valence electrons. The summed E-state index contributed by atoms with van der Waals surface area (Å²) in [5.41, 5.74) is 6.02. The van der Waals surface area contributed by atoms with Crippen LogP contribution in [0, 0.1) is 0 Å². The van der Waals surface area contributed by atoms with Crippen molar-refractivity contribution in [1.82, 2.24) is 16.2 Å². The van der Waals surface area contributed by atoms with Crippen LogP contribution in [-0.4, -0.2) is 11.9 Å². The standard InChI is InChI=1S/C16H16ClN3O2/c1-11(12-5-3-2-4-6-12)18-16(22)20-19-15(21)13-7-9-14(17)10-8-13/h2-11H,1H3,(H,19,21)(H2,18,20,22)/t11-/m0/s1. The van der Waals surface area contributed by atoms with Crippen LogP contribution in [0.3, 0.4) is 0 Å². The third-order valence-corrected chi connectivity index (χ3v) is 3.30. The largest absolute Gasteiger partial charge is 0.333 e. The molecule has 0 saturated heterocycles. The molecule has 22 heavy (non-hydrogen) atoms. The van der Waals surface area contributed by atoms with E-state index < -0.39 is 11.9 Å². The summed E-state index contributed by atoms with van der Waals surface area (Å²) in [6, 6.07) is 15.2. The molecule has 0 aliphatic carbocycles. The lowest BCUT2D eigenvalue weighted by atomic mass is 10.1. The van der Waals surface area contributed by atoms with Crippen LogP contribution < -0.4 is 16.2 Å². The van der Waals surface area contributed by atoms with Crippen molar-refractivity contribution in [3.63, 3.8) is 0 Å². The maximum atomic E-state index is 11.8. The minimum Gasteiger partial charge on any atom is -0.330 e. The van der Waals surface area contributed by atoms with E-state index in [2.05, 4.69) is 16.2 Å². The number of carbonyl (C=O) groups excluding carboxylic acids is 2. The molecule has 0 heterocycles. The number of carbonyl (C=O) groups is 2. The summed E-state index contributed by atoms with van der Waals surface area (Å²) in [6.45, 7) is 1.86. The van der Waals surface area contributed by atoms with Gasteiger partial charge in [0, 0.05) is 10.6 Å². The number of rotatable bonds is 3. The second kappa shape index (κ2) is 7.47. The smallest absolute Gasteiger partial charge is 0.330 e. The van der Waals surface area contributed by atoms with E-state index >= 15 is 0 Å². The first kappa shape index (κ1) is 15.9. The summed E-state index contributed by atoms with van der Waals surface area (Å²) in [7, 11) is 0. The Morgan fingerprint density at radius 2 is 1.59 bits per heavy atom. The number of halogens is 1. The number of benzene rings is 2. The lowest BCUT2D eigenvalue weighted by Gasteiger charge is -2.15. The molecule has 0 bridgehead atoms. The van der Waals surface area contributed by atoms with Crippen LogP contribution >= 0.6 is 11.6 Å². The molecule has 1 atom stereocenters. The Labute approximate surface area is 133 Å². The zero-order valence-corrected chi connectivity index (χ0v) is 12.7. The first-order chi connectivity index (χ1) is 10.6. The zero-order valence-electron chi connectivity index (χ0n) is 12.0. The minimum atomic E-state index is -0.487. The number of hydrazine groups is 1. The summed E-state index contributed by atoms with van der Waals surface area (Å²) >= 11 is 5.75. The van der Waals surface area contributed by atoms with E-state index in [-0.39, 0.29) is 6.04 Å². The molecule has 2 aromatic rings. The van der Waals surface area contributed by atoms with Crippen LogP contribution in [0.2, 0.25) is 5.02 Å². The Morgan fingerprint density at radius 1 is 0.955 bits per heavy atom. The third kappa shape index (κ3) is 4.49. The fourth-order valence-corrected chi connectivity index (χ4v) is 1.97. The van der Waals surface area contributed by atoms with Crippen molar-refractivity contribution in [2.24, 2.45) is 0 Å². The molecule has 6 heteroatoms. The van der Waals surface area contributed by atoms with Gasteiger partial charge in [-0.05, 0) is 36.8 Å². The highest BCUT2D eigenvalue weighted by Gasteiger charge is 2.10. The third-order valence-electron chi connectivity index (χ3n) is 3.04. The van der Waals surface area contributed by atoms with Crippen molar-refractivity contribution in [3.8, 4) is 0 Å². The molecule has 3 N–H and O–H groups in total. The Morgan fingerprint density at radius 3 is 2.23 bits per heavy atom. The minimum absolute atomic E-state index is 0.173. The fraction of sp³-hybridized carbons (Fsp3) is 0.125. The van der Waals surface area contributed by atoms with E-state index in [4.69, 9.17) is 11.6 Å². The molecule has 0 aliphatic heterocycles. The van der Waals surface area contributed by atoms with Gasteiger partial charge in [0.15, 0.2) is 0 Å². The molecule has 0 aromatic heterocycles. The van der Waals surface area contributed by atoms with Gasteiger partial charge in [-0.3, -0.25) is 10.2 Å². The molecule has 0 unspecified atom stereocenters. The molecule has 2 aromatic carbocycles. The summed E-state index contributed by atoms with van der Waals surface area (Å²) in [5.74, 6) is -0.417. The average molecular weight is 318 g/mol. The van der Waals surface area contributed by atoms with Crippen molar-refractivity contribution >= 4 is 23.5 Å². The van der Waals surface area contributed by atoms with Crippen LogP contribution in [-0.2, 0) is 0 Å². The summed E-state index contributed by atoms with van der Waals surface area (Å²) in [6.07, 6.45) is 0. The van der Waals surface area contributed by atoms with Crippen LogP contribution in [0.25, 0.3) is 0 Å². The Bertz CT molecular complexity index is 644. The number of hydrogen-bond acceptors (Lipinski definition) is 2. The number of nitrogens with one attached hydrogen (secondary N) is 3. The quantitative estimate of drug-likeness (QED) is 0.761. The summed E-state index contributed by atoms with van der Waals surface area (Å²) < 4.78 is 0. The molecule has 0 aliphatic rings. The van der Waals surface area contributed by atoms with Gasteiger partial charge < -0.3 is 5.32 Å². The summed E-state index contributed by atoms with van der Waals surface area (Å²) in [5, 5.41) is 3.27. The first-order valence-electron chi connectivity index (χ1n) is 6.73. The van der Waals surface area contributed by atoms with Gasteiger partial charge in [0.05, 0.1) is 6.04 Å². The van der Waals surface area contributed by atoms with Gasteiger partial charge in [0.1, 0.15) is 0 Å². The monoisotopic (exact) mass is 317 g/mol. The second-order valence-electron chi connectivity index (χ2n) is 4.69. The Balaban J connectivity index is 1.82. The Kier molecular flexibility index (Phi) is 5.38. The van der Waals surface area contributed by atoms with Crippen LogP contribution in [0.4, 0.5) is 4.79 Å². The number of urea groups is 1. The molecular formula is C16H16ClN3O2. The lowest BCUT2D eigenvalue weighted by molar-refractivity contribution is 0.0936. The van der Waals surface area contributed by atoms with Crippen molar-refractivity contribution in [3.05, 3.63) is 70.7 Å². The molecule has 0 saturated carbocycles. The van der Waals surface area contributed by atoms with Gasteiger partial charge in [0.25, 0.3) is 5.91 Å². The number of amides is 3. The van der Waals surface area contributed by atoms with E-state index in [0.29, 0.717) is 10.6 Å². The maximum Gasteiger partial charge on any atom is 0.333 e.